The highest BCUT2D eigenvalue weighted by Gasteiger charge is 2.30. The fraction of sp³-hybridized carbons (Fsp3) is 0.389. The van der Waals surface area contributed by atoms with Crippen molar-refractivity contribution in [3.63, 3.8) is 0 Å². The number of nitrogens with one attached hydrogen (secondary N) is 1. The highest BCUT2D eigenvalue weighted by atomic mass is 32.1. The highest BCUT2D eigenvalue weighted by Crippen LogP contribution is 2.31. The molecule has 4 heterocycles. The van der Waals surface area contributed by atoms with Crippen molar-refractivity contribution in [3.8, 4) is 10.7 Å². The molecule has 136 valence electrons. The molecule has 0 aromatic carbocycles. The Bertz CT molecular complexity index is 829. The number of hydrogen-bond acceptors (Lipinski definition) is 7. The van der Waals surface area contributed by atoms with Crippen molar-refractivity contribution >= 4 is 28.6 Å². The standard InChI is InChI=1S/C18H20N4O2S2/c23-16(19-11-13-5-3-9-25-13)12-22-8-2-1-6-14(22)18-20-17(21-24-18)15-7-4-10-26-15/h3-5,7,9-10,14H,1-2,6,8,11-12H2,(H,19,23)/t14-/m1/s1. The molecular weight excluding hydrogens is 368 g/mol. The molecule has 0 aliphatic carbocycles. The average molecular weight is 389 g/mol. The first kappa shape index (κ1) is 17.4. The summed E-state index contributed by atoms with van der Waals surface area (Å²) in [6, 6.07) is 7.99. The molecule has 6 nitrogen and oxygen atoms in total. The molecule has 0 unspecified atom stereocenters. The summed E-state index contributed by atoms with van der Waals surface area (Å²) in [4.78, 5) is 21.3. The van der Waals surface area contributed by atoms with Crippen LogP contribution < -0.4 is 5.32 Å². The van der Waals surface area contributed by atoms with Crippen molar-refractivity contribution in [1.29, 1.82) is 0 Å². The summed E-state index contributed by atoms with van der Waals surface area (Å²) in [6.07, 6.45) is 3.12. The monoisotopic (exact) mass is 388 g/mol. The molecule has 26 heavy (non-hydrogen) atoms. The molecule has 4 rings (SSSR count). The maximum absolute atomic E-state index is 12.4. The van der Waals surface area contributed by atoms with Gasteiger partial charge >= 0.3 is 0 Å². The second-order valence-electron chi connectivity index (χ2n) is 6.27. The minimum absolute atomic E-state index is 0.0115. The molecule has 3 aromatic heterocycles. The van der Waals surface area contributed by atoms with E-state index < -0.39 is 0 Å². The number of nitrogens with zero attached hydrogens (tertiary/aromatic N) is 3. The zero-order chi connectivity index (χ0) is 17.8. The summed E-state index contributed by atoms with van der Waals surface area (Å²) < 4.78 is 5.53. The number of aromatic nitrogens is 2. The Kier molecular flexibility index (Phi) is 5.42. The maximum Gasteiger partial charge on any atom is 0.244 e. The lowest BCUT2D eigenvalue weighted by atomic mass is 10.0. The van der Waals surface area contributed by atoms with E-state index in [1.807, 2.05) is 35.0 Å². The number of carbonyl (C=O) groups is 1. The van der Waals surface area contributed by atoms with Crippen molar-refractivity contribution in [1.82, 2.24) is 20.4 Å². The van der Waals surface area contributed by atoms with Gasteiger partial charge in [-0.1, -0.05) is 23.7 Å². The Balaban J connectivity index is 1.40. The largest absolute Gasteiger partial charge is 0.350 e. The van der Waals surface area contributed by atoms with E-state index in [2.05, 4.69) is 20.4 Å². The number of rotatable bonds is 6. The first-order chi connectivity index (χ1) is 12.8. The molecule has 1 N–H and O–H groups in total. The second kappa shape index (κ2) is 8.11. The normalized spacial score (nSPS) is 18.1. The van der Waals surface area contributed by atoms with Crippen molar-refractivity contribution in [3.05, 3.63) is 45.8 Å². The molecule has 3 aromatic rings. The van der Waals surface area contributed by atoms with Gasteiger partial charge in [-0.25, -0.2) is 0 Å². The van der Waals surface area contributed by atoms with Crippen molar-refractivity contribution in [2.75, 3.05) is 13.1 Å². The zero-order valence-corrected chi connectivity index (χ0v) is 15.9. The molecule has 0 spiro atoms. The molecule has 0 bridgehead atoms. The number of likely N-dealkylation sites (tertiary alicyclic amines) is 1. The number of thiophene rings is 2. The molecule has 8 heteroatoms. The Hall–Kier alpha value is -2.03. The number of carbonyl (C=O) groups excluding carboxylic acids is 1. The average Bonchev–Trinajstić information content (AvgIpc) is 3.42. The van der Waals surface area contributed by atoms with E-state index >= 15 is 0 Å². The van der Waals surface area contributed by atoms with Gasteiger partial charge in [-0.05, 0) is 42.3 Å². The first-order valence-corrected chi connectivity index (χ1v) is 10.5. The van der Waals surface area contributed by atoms with Crippen LogP contribution in [-0.2, 0) is 11.3 Å². The van der Waals surface area contributed by atoms with Gasteiger partial charge < -0.3 is 9.84 Å². The minimum atomic E-state index is 0.0115. The predicted molar refractivity (Wildman–Crippen MR) is 102 cm³/mol. The van der Waals surface area contributed by atoms with E-state index in [1.54, 1.807) is 22.7 Å². The van der Waals surface area contributed by atoms with Gasteiger partial charge in [0.15, 0.2) is 0 Å². The lowest BCUT2D eigenvalue weighted by Crippen LogP contribution is -2.41. The van der Waals surface area contributed by atoms with Crippen LogP contribution in [0, 0.1) is 0 Å². The maximum atomic E-state index is 12.4. The van der Waals surface area contributed by atoms with Crippen LogP contribution in [0.3, 0.4) is 0 Å². The van der Waals surface area contributed by atoms with Gasteiger partial charge in [0, 0.05) is 4.88 Å². The van der Waals surface area contributed by atoms with Gasteiger partial charge in [-0.3, -0.25) is 9.69 Å². The van der Waals surface area contributed by atoms with E-state index in [0.29, 0.717) is 24.8 Å². The van der Waals surface area contributed by atoms with E-state index in [0.717, 1.165) is 35.6 Å². The third kappa shape index (κ3) is 4.03. The number of amides is 1. The van der Waals surface area contributed by atoms with Crippen LogP contribution in [0.15, 0.2) is 39.5 Å². The van der Waals surface area contributed by atoms with Gasteiger partial charge in [0.1, 0.15) is 0 Å². The van der Waals surface area contributed by atoms with Crippen LogP contribution >= 0.6 is 22.7 Å². The van der Waals surface area contributed by atoms with E-state index in [1.165, 1.54) is 0 Å². The number of hydrogen-bond donors (Lipinski definition) is 1. The molecular formula is C18H20N4O2S2. The van der Waals surface area contributed by atoms with Gasteiger partial charge in [0.25, 0.3) is 0 Å². The van der Waals surface area contributed by atoms with Gasteiger partial charge in [-0.15, -0.1) is 22.7 Å². The van der Waals surface area contributed by atoms with E-state index in [-0.39, 0.29) is 11.9 Å². The highest BCUT2D eigenvalue weighted by molar-refractivity contribution is 7.13. The summed E-state index contributed by atoms with van der Waals surface area (Å²) >= 11 is 3.24. The molecule has 1 atom stereocenters. The first-order valence-electron chi connectivity index (χ1n) is 8.70. The topological polar surface area (TPSA) is 71.3 Å². The summed E-state index contributed by atoms with van der Waals surface area (Å²) in [7, 11) is 0. The van der Waals surface area contributed by atoms with Crippen molar-refractivity contribution in [2.45, 2.75) is 31.8 Å². The molecule has 1 fully saturated rings. The number of piperidine rings is 1. The van der Waals surface area contributed by atoms with Crippen LogP contribution in [0.1, 0.15) is 36.1 Å². The molecule has 1 saturated heterocycles. The van der Waals surface area contributed by atoms with E-state index in [4.69, 9.17) is 4.52 Å². The fourth-order valence-electron chi connectivity index (χ4n) is 3.18. The van der Waals surface area contributed by atoms with Crippen LogP contribution in [0.5, 0.6) is 0 Å². The second-order valence-corrected chi connectivity index (χ2v) is 8.25. The third-order valence-corrected chi connectivity index (χ3v) is 6.21. The van der Waals surface area contributed by atoms with E-state index in [9.17, 15) is 4.79 Å². The van der Waals surface area contributed by atoms with Gasteiger partial charge in [0.05, 0.1) is 24.0 Å². The summed E-state index contributed by atoms with van der Waals surface area (Å²) in [5, 5.41) is 11.1. The van der Waals surface area contributed by atoms with Crippen molar-refractivity contribution < 1.29 is 9.32 Å². The molecule has 0 saturated carbocycles. The molecule has 1 aliphatic rings. The SMILES string of the molecule is O=C(CN1CCCC[C@@H]1c1nc(-c2cccs2)no1)NCc1cccs1. The third-order valence-electron chi connectivity index (χ3n) is 4.47. The van der Waals surface area contributed by atoms with Gasteiger partial charge in [0.2, 0.25) is 17.6 Å². The Morgan fingerprint density at radius 2 is 2.15 bits per heavy atom. The smallest absolute Gasteiger partial charge is 0.244 e. The zero-order valence-electron chi connectivity index (χ0n) is 14.3. The summed E-state index contributed by atoms with van der Waals surface area (Å²) in [5.41, 5.74) is 0. The molecule has 1 aliphatic heterocycles. The predicted octanol–water partition coefficient (Wildman–Crippen LogP) is 3.70. The van der Waals surface area contributed by atoms with Crippen LogP contribution in [0.2, 0.25) is 0 Å². The molecule has 0 radical (unpaired) electrons. The van der Waals surface area contributed by atoms with Crippen LogP contribution in [0.4, 0.5) is 0 Å². The Morgan fingerprint density at radius 1 is 1.27 bits per heavy atom. The molecule has 1 amide bonds. The Morgan fingerprint density at radius 3 is 2.96 bits per heavy atom. The minimum Gasteiger partial charge on any atom is -0.350 e. The summed E-state index contributed by atoms with van der Waals surface area (Å²) in [5.74, 6) is 1.27. The van der Waals surface area contributed by atoms with Crippen molar-refractivity contribution in [2.24, 2.45) is 0 Å². The Labute approximate surface area is 159 Å². The lowest BCUT2D eigenvalue weighted by molar-refractivity contribution is -0.123. The van der Waals surface area contributed by atoms with Crippen LogP contribution in [0.25, 0.3) is 10.7 Å². The quantitative estimate of drug-likeness (QED) is 0.697. The lowest BCUT2D eigenvalue weighted by Gasteiger charge is -2.32. The van der Waals surface area contributed by atoms with Crippen LogP contribution in [-0.4, -0.2) is 34.0 Å². The fourth-order valence-corrected chi connectivity index (χ4v) is 4.47. The summed E-state index contributed by atoms with van der Waals surface area (Å²) in [6.45, 7) is 1.80. The van der Waals surface area contributed by atoms with Gasteiger partial charge in [-0.2, -0.15) is 4.98 Å².